The van der Waals surface area contributed by atoms with Crippen LogP contribution >= 0.6 is 11.6 Å². The molecular weight excluding hydrogens is 216 g/mol. The van der Waals surface area contributed by atoms with Gasteiger partial charge in [0.2, 0.25) is 0 Å². The molecule has 82 valence electrons. The number of rotatable bonds is 4. The highest BCUT2D eigenvalue weighted by molar-refractivity contribution is 6.31. The molecule has 0 aliphatic rings. The second-order valence-electron chi connectivity index (χ2n) is 2.86. The van der Waals surface area contributed by atoms with E-state index in [2.05, 4.69) is 10.3 Å². The van der Waals surface area contributed by atoms with Gasteiger partial charge in [-0.15, -0.1) is 0 Å². The van der Waals surface area contributed by atoms with Crippen LogP contribution in [0.2, 0.25) is 5.02 Å². The Bertz CT molecular complexity index is 355. The molecule has 4 nitrogen and oxygen atoms in total. The van der Waals surface area contributed by atoms with E-state index in [-0.39, 0.29) is 12.4 Å². The molecule has 0 atom stereocenters. The number of pyridine rings is 1. The maximum atomic E-state index is 11.2. The number of carbonyl (C=O) groups is 1. The summed E-state index contributed by atoms with van der Waals surface area (Å²) >= 11 is 5.90. The maximum Gasteiger partial charge on any atom is 0.311 e. The van der Waals surface area contributed by atoms with Crippen molar-refractivity contribution in [1.29, 1.82) is 0 Å². The lowest BCUT2D eigenvalue weighted by molar-refractivity contribution is -0.142. The maximum absolute atomic E-state index is 11.2. The normalized spacial score (nSPS) is 9.80. The summed E-state index contributed by atoms with van der Waals surface area (Å²) in [7, 11) is 1.75. The fourth-order valence-electron chi connectivity index (χ4n) is 1.10. The monoisotopic (exact) mass is 228 g/mol. The van der Waals surface area contributed by atoms with Gasteiger partial charge in [-0.2, -0.15) is 0 Å². The Balaban J connectivity index is 2.79. The molecule has 0 radical (unpaired) electrons. The summed E-state index contributed by atoms with van der Waals surface area (Å²) in [6.45, 7) is 2.12. The van der Waals surface area contributed by atoms with Gasteiger partial charge in [0.1, 0.15) is 5.82 Å². The number of esters is 1. The van der Waals surface area contributed by atoms with E-state index in [9.17, 15) is 4.79 Å². The van der Waals surface area contributed by atoms with E-state index in [1.165, 1.54) is 0 Å². The first-order valence-corrected chi connectivity index (χ1v) is 5.04. The molecular formula is C10H13ClN2O2. The molecule has 0 saturated carbocycles. The lowest BCUT2D eigenvalue weighted by Gasteiger charge is -2.05. The minimum atomic E-state index is -0.319. The van der Waals surface area contributed by atoms with Gasteiger partial charge in [-0.1, -0.05) is 11.6 Å². The summed E-state index contributed by atoms with van der Waals surface area (Å²) in [4.78, 5) is 15.4. The molecule has 1 heterocycles. The largest absolute Gasteiger partial charge is 0.466 e. The van der Waals surface area contributed by atoms with E-state index in [1.807, 2.05) is 0 Å². The summed E-state index contributed by atoms with van der Waals surface area (Å²) in [5, 5.41) is 3.35. The summed E-state index contributed by atoms with van der Waals surface area (Å²) in [5.74, 6) is 0.360. The number of hydrogen-bond donors (Lipinski definition) is 1. The molecule has 1 N–H and O–H groups in total. The zero-order valence-electron chi connectivity index (χ0n) is 8.71. The lowest BCUT2D eigenvalue weighted by Crippen LogP contribution is -2.09. The number of ether oxygens (including phenoxy) is 1. The van der Waals surface area contributed by atoms with Crippen LogP contribution < -0.4 is 5.32 Å². The first-order chi connectivity index (χ1) is 7.17. The van der Waals surface area contributed by atoms with Crippen LogP contribution in [0.15, 0.2) is 12.1 Å². The topological polar surface area (TPSA) is 51.2 Å². The quantitative estimate of drug-likeness (QED) is 0.800. The molecule has 1 aromatic heterocycles. The second kappa shape index (κ2) is 5.56. The van der Waals surface area contributed by atoms with Crippen LogP contribution in [-0.4, -0.2) is 24.6 Å². The van der Waals surface area contributed by atoms with E-state index >= 15 is 0 Å². The average molecular weight is 229 g/mol. The molecule has 1 rings (SSSR count). The highest BCUT2D eigenvalue weighted by Gasteiger charge is 2.09. The molecule has 0 aliphatic heterocycles. The van der Waals surface area contributed by atoms with Gasteiger partial charge in [0.15, 0.2) is 0 Å². The van der Waals surface area contributed by atoms with E-state index in [1.54, 1.807) is 26.1 Å². The molecule has 0 spiro atoms. The van der Waals surface area contributed by atoms with Crippen LogP contribution in [0.4, 0.5) is 5.82 Å². The Hall–Kier alpha value is -1.29. The van der Waals surface area contributed by atoms with Crippen molar-refractivity contribution in [1.82, 2.24) is 4.98 Å². The zero-order chi connectivity index (χ0) is 11.3. The van der Waals surface area contributed by atoms with Gasteiger partial charge in [-0.3, -0.25) is 4.79 Å². The van der Waals surface area contributed by atoms with Crippen LogP contribution in [0.25, 0.3) is 0 Å². The average Bonchev–Trinajstić information content (AvgIpc) is 2.21. The third-order valence-electron chi connectivity index (χ3n) is 1.79. The fraction of sp³-hybridized carbons (Fsp3) is 0.400. The van der Waals surface area contributed by atoms with E-state index < -0.39 is 0 Å². The molecule has 0 aromatic carbocycles. The second-order valence-corrected chi connectivity index (χ2v) is 3.26. The van der Waals surface area contributed by atoms with Crippen LogP contribution in [-0.2, 0) is 16.0 Å². The first kappa shape index (κ1) is 11.8. The Labute approximate surface area is 93.6 Å². The summed E-state index contributed by atoms with van der Waals surface area (Å²) in [5.41, 5.74) is 0.530. The summed E-state index contributed by atoms with van der Waals surface area (Å²) < 4.78 is 4.82. The van der Waals surface area contributed by atoms with E-state index in [0.29, 0.717) is 23.1 Å². The minimum Gasteiger partial charge on any atom is -0.466 e. The van der Waals surface area contributed by atoms with Crippen molar-refractivity contribution in [2.45, 2.75) is 13.3 Å². The number of nitrogens with one attached hydrogen (secondary N) is 1. The van der Waals surface area contributed by atoms with Crippen molar-refractivity contribution in [3.8, 4) is 0 Å². The predicted octanol–water partition coefficient (Wildman–Crippen LogP) is 1.88. The van der Waals surface area contributed by atoms with Crippen molar-refractivity contribution in [2.24, 2.45) is 0 Å². The molecule has 0 amide bonds. The van der Waals surface area contributed by atoms with Gasteiger partial charge in [-0.05, 0) is 19.1 Å². The lowest BCUT2D eigenvalue weighted by atomic mass is 10.2. The van der Waals surface area contributed by atoms with Gasteiger partial charge in [0.25, 0.3) is 0 Å². The number of nitrogens with zero attached hydrogens (tertiary/aromatic N) is 1. The van der Waals surface area contributed by atoms with Crippen molar-refractivity contribution in [2.75, 3.05) is 19.0 Å². The number of hydrogen-bond acceptors (Lipinski definition) is 4. The molecule has 0 aliphatic carbocycles. The van der Waals surface area contributed by atoms with Gasteiger partial charge in [-0.25, -0.2) is 4.98 Å². The number of halogens is 1. The van der Waals surface area contributed by atoms with Crippen LogP contribution in [0.1, 0.15) is 12.6 Å². The number of carbonyl (C=O) groups excluding carboxylic acids is 1. The Morgan fingerprint density at radius 1 is 1.60 bits per heavy atom. The number of aromatic nitrogens is 1. The summed E-state index contributed by atoms with van der Waals surface area (Å²) in [6.07, 6.45) is 0.0994. The minimum absolute atomic E-state index is 0.0994. The standard InChI is InChI=1S/C10H13ClN2O2/c1-3-15-10(14)6-8-7(11)4-5-9(12-2)13-8/h4-5H,3,6H2,1-2H3,(H,12,13). The third kappa shape index (κ3) is 3.40. The molecule has 0 bridgehead atoms. The summed E-state index contributed by atoms with van der Waals surface area (Å²) in [6, 6.07) is 3.45. The van der Waals surface area contributed by atoms with Gasteiger partial charge < -0.3 is 10.1 Å². The molecule has 0 unspecified atom stereocenters. The molecule has 0 saturated heterocycles. The fourth-order valence-corrected chi connectivity index (χ4v) is 1.27. The molecule has 5 heteroatoms. The highest BCUT2D eigenvalue weighted by atomic mass is 35.5. The van der Waals surface area contributed by atoms with Gasteiger partial charge >= 0.3 is 5.97 Å². The van der Waals surface area contributed by atoms with E-state index in [4.69, 9.17) is 16.3 Å². The Kier molecular flexibility index (Phi) is 4.37. The zero-order valence-corrected chi connectivity index (χ0v) is 9.47. The van der Waals surface area contributed by atoms with Gasteiger partial charge in [0, 0.05) is 7.05 Å². The van der Waals surface area contributed by atoms with Crippen molar-refractivity contribution < 1.29 is 9.53 Å². The van der Waals surface area contributed by atoms with E-state index in [0.717, 1.165) is 0 Å². The predicted molar refractivity (Wildman–Crippen MR) is 59.1 cm³/mol. The molecule has 1 aromatic rings. The van der Waals surface area contributed by atoms with Gasteiger partial charge in [0.05, 0.1) is 23.7 Å². The van der Waals surface area contributed by atoms with Crippen molar-refractivity contribution in [3.63, 3.8) is 0 Å². The van der Waals surface area contributed by atoms with Crippen LogP contribution in [0.5, 0.6) is 0 Å². The Morgan fingerprint density at radius 2 is 2.33 bits per heavy atom. The van der Waals surface area contributed by atoms with Crippen molar-refractivity contribution >= 4 is 23.4 Å². The number of anilines is 1. The van der Waals surface area contributed by atoms with Crippen LogP contribution in [0, 0.1) is 0 Å². The Morgan fingerprint density at radius 3 is 2.93 bits per heavy atom. The molecule has 0 fully saturated rings. The SMILES string of the molecule is CCOC(=O)Cc1nc(NC)ccc1Cl. The third-order valence-corrected chi connectivity index (χ3v) is 2.14. The van der Waals surface area contributed by atoms with Crippen molar-refractivity contribution in [3.05, 3.63) is 22.8 Å². The molecule has 15 heavy (non-hydrogen) atoms. The van der Waals surface area contributed by atoms with Crippen LogP contribution in [0.3, 0.4) is 0 Å². The smallest absolute Gasteiger partial charge is 0.311 e. The highest BCUT2D eigenvalue weighted by Crippen LogP contribution is 2.17. The first-order valence-electron chi connectivity index (χ1n) is 4.66.